The molecular weight excluding hydrogens is 246 g/mol. The predicted molar refractivity (Wildman–Crippen MR) is 57.0 cm³/mol. The molecule has 0 aliphatic carbocycles. The lowest BCUT2D eigenvalue weighted by Crippen LogP contribution is -2.11. The number of carbonyl (C=O) groups excluding carboxylic acids is 1. The van der Waals surface area contributed by atoms with Gasteiger partial charge in [0.1, 0.15) is 11.8 Å². The van der Waals surface area contributed by atoms with E-state index in [1.807, 2.05) is 0 Å². The number of esters is 1. The topological polar surface area (TPSA) is 85.3 Å². The summed E-state index contributed by atoms with van der Waals surface area (Å²) in [5, 5.41) is 8.86. The summed E-state index contributed by atoms with van der Waals surface area (Å²) in [5.41, 5.74) is 5.36. The molecule has 1 aromatic carbocycles. The Morgan fingerprint density at radius 3 is 2.67 bits per heavy atom. The number of benzene rings is 1. The molecule has 7 heteroatoms. The molecule has 0 saturated carbocycles. The third-order valence-electron chi connectivity index (χ3n) is 2.13. The first kappa shape index (κ1) is 13.9. The lowest BCUT2D eigenvalue weighted by molar-refractivity contribution is -0.0506. The van der Waals surface area contributed by atoms with Gasteiger partial charge in [0.25, 0.3) is 0 Å². The zero-order chi connectivity index (χ0) is 13.7. The Morgan fingerprint density at radius 1 is 1.56 bits per heavy atom. The SMILES string of the molecule is COC(=O)c1cc(C#N)c(OC(F)F)c(CN)c1. The van der Waals surface area contributed by atoms with Gasteiger partial charge in [0.05, 0.1) is 18.2 Å². The number of rotatable bonds is 4. The van der Waals surface area contributed by atoms with Gasteiger partial charge < -0.3 is 15.2 Å². The molecule has 18 heavy (non-hydrogen) atoms. The van der Waals surface area contributed by atoms with Crippen molar-refractivity contribution in [3.8, 4) is 11.8 Å². The van der Waals surface area contributed by atoms with Crippen LogP contribution in [0.1, 0.15) is 21.5 Å². The number of alkyl halides is 2. The third-order valence-corrected chi connectivity index (χ3v) is 2.13. The van der Waals surface area contributed by atoms with Crippen LogP contribution in [0.4, 0.5) is 8.78 Å². The summed E-state index contributed by atoms with van der Waals surface area (Å²) in [6.07, 6.45) is 0. The highest BCUT2D eigenvalue weighted by molar-refractivity contribution is 5.90. The molecule has 0 aromatic heterocycles. The Kier molecular flexibility index (Phi) is 4.57. The van der Waals surface area contributed by atoms with Crippen LogP contribution in [0.15, 0.2) is 12.1 Å². The van der Waals surface area contributed by atoms with Gasteiger partial charge in [-0.05, 0) is 12.1 Å². The van der Waals surface area contributed by atoms with E-state index in [-0.39, 0.29) is 29.0 Å². The first-order valence-corrected chi connectivity index (χ1v) is 4.83. The van der Waals surface area contributed by atoms with Gasteiger partial charge in [0.2, 0.25) is 0 Å². The van der Waals surface area contributed by atoms with Crippen molar-refractivity contribution in [3.63, 3.8) is 0 Å². The molecule has 0 saturated heterocycles. The Bertz CT molecular complexity index is 498. The van der Waals surface area contributed by atoms with Crippen LogP contribution in [-0.2, 0) is 11.3 Å². The fourth-order valence-electron chi connectivity index (χ4n) is 1.39. The summed E-state index contributed by atoms with van der Waals surface area (Å²) in [5.74, 6) is -1.01. The molecule has 0 heterocycles. The molecule has 2 N–H and O–H groups in total. The van der Waals surface area contributed by atoms with E-state index in [1.165, 1.54) is 13.2 Å². The van der Waals surface area contributed by atoms with Crippen molar-refractivity contribution in [2.45, 2.75) is 13.2 Å². The molecule has 0 fully saturated rings. The van der Waals surface area contributed by atoms with E-state index in [2.05, 4.69) is 9.47 Å². The molecule has 96 valence electrons. The quantitative estimate of drug-likeness (QED) is 0.823. The van der Waals surface area contributed by atoms with E-state index in [1.54, 1.807) is 6.07 Å². The zero-order valence-electron chi connectivity index (χ0n) is 9.44. The maximum absolute atomic E-state index is 12.2. The van der Waals surface area contributed by atoms with Crippen molar-refractivity contribution < 1.29 is 23.0 Å². The molecular formula is C11H10F2N2O3. The number of hydrogen-bond donors (Lipinski definition) is 1. The van der Waals surface area contributed by atoms with Gasteiger partial charge in [-0.25, -0.2) is 4.79 Å². The van der Waals surface area contributed by atoms with E-state index in [0.717, 1.165) is 6.07 Å². The van der Waals surface area contributed by atoms with Crippen molar-refractivity contribution in [2.75, 3.05) is 7.11 Å². The van der Waals surface area contributed by atoms with E-state index >= 15 is 0 Å². The largest absolute Gasteiger partial charge is 0.465 e. The third kappa shape index (κ3) is 2.93. The monoisotopic (exact) mass is 256 g/mol. The summed E-state index contributed by atoms with van der Waals surface area (Å²) in [6.45, 7) is -3.23. The van der Waals surface area contributed by atoms with Gasteiger partial charge in [-0.2, -0.15) is 14.0 Å². The number of carbonyl (C=O) groups is 1. The van der Waals surface area contributed by atoms with Crippen molar-refractivity contribution >= 4 is 5.97 Å². The van der Waals surface area contributed by atoms with Crippen molar-refractivity contribution in [2.24, 2.45) is 5.73 Å². The number of halogens is 2. The molecule has 0 atom stereocenters. The molecule has 0 spiro atoms. The minimum Gasteiger partial charge on any atom is -0.465 e. The molecule has 1 rings (SSSR count). The lowest BCUT2D eigenvalue weighted by Gasteiger charge is -2.12. The number of nitrogens with two attached hydrogens (primary N) is 1. The van der Waals surface area contributed by atoms with E-state index in [0.29, 0.717) is 0 Å². The van der Waals surface area contributed by atoms with Crippen molar-refractivity contribution in [1.29, 1.82) is 5.26 Å². The normalized spacial score (nSPS) is 10.0. The molecule has 1 aromatic rings. The summed E-state index contributed by atoms with van der Waals surface area (Å²) in [4.78, 5) is 11.3. The number of nitrogens with zero attached hydrogens (tertiary/aromatic N) is 1. The van der Waals surface area contributed by atoms with Crippen LogP contribution in [0.5, 0.6) is 5.75 Å². The second-order valence-electron chi connectivity index (χ2n) is 3.20. The highest BCUT2D eigenvalue weighted by atomic mass is 19.3. The standard InChI is InChI=1S/C11H10F2N2O3/c1-17-10(16)6-2-7(4-14)9(18-11(12)13)8(3-6)5-15/h2-3,11H,4,14H2,1H3. The van der Waals surface area contributed by atoms with Crippen LogP contribution in [0, 0.1) is 11.3 Å². The molecule has 0 bridgehead atoms. The Hall–Kier alpha value is -2.20. The molecule has 0 amide bonds. The molecule has 0 radical (unpaired) electrons. The van der Waals surface area contributed by atoms with Gasteiger partial charge in [-0.3, -0.25) is 0 Å². The molecule has 0 unspecified atom stereocenters. The van der Waals surface area contributed by atoms with Crippen LogP contribution in [-0.4, -0.2) is 19.7 Å². The Balaban J connectivity index is 3.35. The Labute approximate surface area is 102 Å². The number of methoxy groups -OCH3 is 1. The van der Waals surface area contributed by atoms with Crippen LogP contribution in [0.3, 0.4) is 0 Å². The number of ether oxygens (including phenoxy) is 2. The van der Waals surface area contributed by atoms with Crippen molar-refractivity contribution in [1.82, 2.24) is 0 Å². The van der Waals surface area contributed by atoms with E-state index < -0.39 is 12.6 Å². The minimum atomic E-state index is -3.08. The van der Waals surface area contributed by atoms with Gasteiger partial charge in [-0.15, -0.1) is 0 Å². The molecule has 0 aliphatic heterocycles. The van der Waals surface area contributed by atoms with Crippen molar-refractivity contribution in [3.05, 3.63) is 28.8 Å². The average molecular weight is 256 g/mol. The van der Waals surface area contributed by atoms with E-state index in [9.17, 15) is 13.6 Å². The summed E-state index contributed by atoms with van der Waals surface area (Å²) >= 11 is 0. The average Bonchev–Trinajstić information content (AvgIpc) is 2.37. The fourth-order valence-corrected chi connectivity index (χ4v) is 1.39. The molecule has 5 nitrogen and oxygen atoms in total. The number of nitriles is 1. The van der Waals surface area contributed by atoms with Crippen LogP contribution in [0.2, 0.25) is 0 Å². The smallest absolute Gasteiger partial charge is 0.387 e. The maximum Gasteiger partial charge on any atom is 0.387 e. The minimum absolute atomic E-state index is 0.0520. The first-order valence-electron chi connectivity index (χ1n) is 4.83. The summed E-state index contributed by atoms with van der Waals surface area (Å²) < 4.78 is 33.1. The van der Waals surface area contributed by atoms with Gasteiger partial charge in [0, 0.05) is 12.1 Å². The summed E-state index contributed by atoms with van der Waals surface area (Å²) in [7, 11) is 1.17. The maximum atomic E-state index is 12.2. The highest BCUT2D eigenvalue weighted by Crippen LogP contribution is 2.27. The predicted octanol–water partition coefficient (Wildman–Crippen LogP) is 1.40. The van der Waals surface area contributed by atoms with Gasteiger partial charge >= 0.3 is 12.6 Å². The number of hydrogen-bond acceptors (Lipinski definition) is 5. The van der Waals surface area contributed by atoms with Gasteiger partial charge in [0.15, 0.2) is 0 Å². The Morgan fingerprint density at radius 2 is 2.22 bits per heavy atom. The lowest BCUT2D eigenvalue weighted by atomic mass is 10.0. The first-order chi connectivity index (χ1) is 8.53. The second kappa shape index (κ2) is 5.93. The zero-order valence-corrected chi connectivity index (χ0v) is 9.44. The van der Waals surface area contributed by atoms with Crippen LogP contribution >= 0.6 is 0 Å². The fraction of sp³-hybridized carbons (Fsp3) is 0.273. The van der Waals surface area contributed by atoms with Crippen LogP contribution < -0.4 is 10.5 Å². The van der Waals surface area contributed by atoms with E-state index in [4.69, 9.17) is 11.0 Å². The second-order valence-corrected chi connectivity index (χ2v) is 3.20. The highest BCUT2D eigenvalue weighted by Gasteiger charge is 2.18. The summed E-state index contributed by atoms with van der Waals surface area (Å²) in [6, 6.07) is 4.04. The van der Waals surface area contributed by atoms with Crippen LogP contribution in [0.25, 0.3) is 0 Å². The molecule has 0 aliphatic rings. The van der Waals surface area contributed by atoms with Gasteiger partial charge in [-0.1, -0.05) is 0 Å².